The fraction of sp³-hybridized carbons (Fsp3) is 0.417. The molecule has 0 spiro atoms. The normalized spacial score (nSPS) is 21.6. The Morgan fingerprint density at radius 2 is 2.31 bits per heavy atom. The second-order valence-corrected chi connectivity index (χ2v) is 4.25. The summed E-state index contributed by atoms with van der Waals surface area (Å²) in [5.74, 6) is 0.124. The molecule has 0 saturated carbocycles. The molecule has 0 aliphatic carbocycles. The highest BCUT2D eigenvalue weighted by Gasteiger charge is 2.27. The van der Waals surface area contributed by atoms with Gasteiger partial charge in [0.2, 0.25) is 0 Å². The molecular weight excluding hydrogens is 206 g/mol. The lowest BCUT2D eigenvalue weighted by molar-refractivity contribution is -0.138. The summed E-state index contributed by atoms with van der Waals surface area (Å²) >= 11 is 0. The number of carbonyl (C=O) groups is 1. The second-order valence-electron chi connectivity index (χ2n) is 4.25. The van der Waals surface area contributed by atoms with Crippen LogP contribution in [0.4, 0.5) is 5.69 Å². The molecule has 1 unspecified atom stereocenters. The second kappa shape index (κ2) is 3.40. The van der Waals surface area contributed by atoms with Crippen molar-refractivity contribution >= 4 is 11.7 Å². The van der Waals surface area contributed by atoms with Crippen molar-refractivity contribution in [3.63, 3.8) is 0 Å². The van der Waals surface area contributed by atoms with Crippen LogP contribution in [0, 0.1) is 0 Å². The van der Waals surface area contributed by atoms with Crippen molar-refractivity contribution in [3.05, 3.63) is 23.3 Å². The van der Waals surface area contributed by atoms with Gasteiger partial charge in [0.15, 0.2) is 0 Å². The fourth-order valence-corrected chi connectivity index (χ4v) is 2.44. The zero-order chi connectivity index (χ0) is 11.1. The van der Waals surface area contributed by atoms with E-state index < -0.39 is 12.0 Å². The summed E-state index contributed by atoms with van der Waals surface area (Å²) in [7, 11) is 0. The third-order valence-electron chi connectivity index (χ3n) is 3.28. The Morgan fingerprint density at radius 3 is 3.12 bits per heavy atom. The van der Waals surface area contributed by atoms with Crippen LogP contribution in [0.5, 0.6) is 5.75 Å². The van der Waals surface area contributed by atoms with Gasteiger partial charge in [-0.3, -0.25) is 0 Å². The number of nitrogens with one attached hydrogen (secondary N) is 1. The smallest absolute Gasteiger partial charge is 0.326 e. The minimum absolute atomic E-state index is 0.459. The molecule has 2 aliphatic heterocycles. The van der Waals surface area contributed by atoms with E-state index in [1.165, 1.54) is 5.56 Å². The highest BCUT2D eigenvalue weighted by atomic mass is 16.5. The van der Waals surface area contributed by atoms with E-state index in [0.29, 0.717) is 13.0 Å². The van der Waals surface area contributed by atoms with Crippen LogP contribution < -0.4 is 10.1 Å². The van der Waals surface area contributed by atoms with E-state index in [2.05, 4.69) is 5.32 Å². The SMILES string of the molecule is O=C(O)C1CCc2ccc3c(c2N1)CCO3. The van der Waals surface area contributed by atoms with Crippen molar-refractivity contribution in [1.29, 1.82) is 0 Å². The van der Waals surface area contributed by atoms with Crippen molar-refractivity contribution in [2.45, 2.75) is 25.3 Å². The molecule has 84 valence electrons. The van der Waals surface area contributed by atoms with Crippen LogP contribution in [-0.2, 0) is 17.6 Å². The van der Waals surface area contributed by atoms with Crippen LogP contribution in [0.3, 0.4) is 0 Å². The van der Waals surface area contributed by atoms with Crippen LogP contribution in [0.15, 0.2) is 12.1 Å². The summed E-state index contributed by atoms with van der Waals surface area (Å²) < 4.78 is 5.47. The molecule has 4 nitrogen and oxygen atoms in total. The number of carboxylic acids is 1. The highest BCUT2D eigenvalue weighted by Crippen LogP contribution is 2.37. The topological polar surface area (TPSA) is 58.6 Å². The zero-order valence-corrected chi connectivity index (χ0v) is 8.82. The average Bonchev–Trinajstić information content (AvgIpc) is 2.76. The quantitative estimate of drug-likeness (QED) is 0.750. The maximum atomic E-state index is 11.0. The minimum Gasteiger partial charge on any atom is -0.493 e. The first kappa shape index (κ1) is 9.51. The van der Waals surface area contributed by atoms with E-state index in [1.807, 2.05) is 12.1 Å². The Hall–Kier alpha value is -1.71. The summed E-state index contributed by atoms with van der Waals surface area (Å²) in [6.07, 6.45) is 2.35. The van der Waals surface area contributed by atoms with Crippen LogP contribution in [0.25, 0.3) is 0 Å². The highest BCUT2D eigenvalue weighted by molar-refractivity contribution is 5.80. The fourth-order valence-electron chi connectivity index (χ4n) is 2.44. The third-order valence-corrected chi connectivity index (χ3v) is 3.28. The molecule has 0 amide bonds. The molecule has 1 aromatic carbocycles. The van der Waals surface area contributed by atoms with Gasteiger partial charge in [-0.1, -0.05) is 6.07 Å². The molecule has 0 fully saturated rings. The number of aryl methyl sites for hydroxylation is 1. The zero-order valence-electron chi connectivity index (χ0n) is 8.82. The van der Waals surface area contributed by atoms with E-state index in [-0.39, 0.29) is 0 Å². The van der Waals surface area contributed by atoms with Crippen LogP contribution in [0.1, 0.15) is 17.5 Å². The van der Waals surface area contributed by atoms with Gasteiger partial charge in [0.05, 0.1) is 6.61 Å². The van der Waals surface area contributed by atoms with Crippen LogP contribution in [-0.4, -0.2) is 23.7 Å². The standard InChI is InChI=1S/C12H13NO3/c14-12(15)9-3-1-7-2-4-10-8(5-6-16-10)11(7)13-9/h2,4,9,13H,1,3,5-6H2,(H,14,15). The van der Waals surface area contributed by atoms with Gasteiger partial charge < -0.3 is 15.2 Å². The van der Waals surface area contributed by atoms with Gasteiger partial charge in [0, 0.05) is 17.7 Å². The first-order chi connectivity index (χ1) is 7.75. The number of hydrogen-bond donors (Lipinski definition) is 2. The van der Waals surface area contributed by atoms with Gasteiger partial charge in [0.1, 0.15) is 11.8 Å². The van der Waals surface area contributed by atoms with E-state index in [9.17, 15) is 4.79 Å². The minimum atomic E-state index is -0.776. The lowest BCUT2D eigenvalue weighted by atomic mass is 9.94. The lowest BCUT2D eigenvalue weighted by Crippen LogP contribution is -2.33. The molecule has 0 saturated heterocycles. The van der Waals surface area contributed by atoms with Crippen LogP contribution in [0.2, 0.25) is 0 Å². The number of benzene rings is 1. The predicted octanol–water partition coefficient (Wildman–Crippen LogP) is 1.43. The molecule has 2 heterocycles. The number of aliphatic carboxylic acids is 1. The number of ether oxygens (including phenoxy) is 1. The molecule has 1 aromatic rings. The molecule has 0 bridgehead atoms. The molecule has 4 heteroatoms. The predicted molar refractivity (Wildman–Crippen MR) is 59.0 cm³/mol. The van der Waals surface area contributed by atoms with E-state index in [0.717, 1.165) is 29.8 Å². The molecule has 0 radical (unpaired) electrons. The van der Waals surface area contributed by atoms with Gasteiger partial charge >= 0.3 is 5.97 Å². The Balaban J connectivity index is 2.02. The molecule has 2 N–H and O–H groups in total. The van der Waals surface area contributed by atoms with Crippen molar-refractivity contribution < 1.29 is 14.6 Å². The Bertz CT molecular complexity index is 456. The number of hydrogen-bond acceptors (Lipinski definition) is 3. The van der Waals surface area contributed by atoms with Gasteiger partial charge in [-0.15, -0.1) is 0 Å². The molecule has 0 aromatic heterocycles. The molecule has 3 rings (SSSR count). The Labute approximate surface area is 93.2 Å². The van der Waals surface area contributed by atoms with Crippen molar-refractivity contribution in [2.75, 3.05) is 11.9 Å². The molecule has 2 aliphatic rings. The third kappa shape index (κ3) is 1.33. The summed E-state index contributed by atoms with van der Waals surface area (Å²) in [5, 5.41) is 12.1. The summed E-state index contributed by atoms with van der Waals surface area (Å²) in [5.41, 5.74) is 3.35. The Morgan fingerprint density at radius 1 is 1.44 bits per heavy atom. The van der Waals surface area contributed by atoms with Crippen molar-refractivity contribution in [1.82, 2.24) is 0 Å². The average molecular weight is 219 g/mol. The molecule has 16 heavy (non-hydrogen) atoms. The van der Waals surface area contributed by atoms with Gasteiger partial charge in [0.25, 0.3) is 0 Å². The summed E-state index contributed by atoms with van der Waals surface area (Å²) in [6.45, 7) is 0.700. The summed E-state index contributed by atoms with van der Waals surface area (Å²) in [6, 6.07) is 3.56. The van der Waals surface area contributed by atoms with Crippen molar-refractivity contribution in [3.8, 4) is 5.75 Å². The first-order valence-electron chi connectivity index (χ1n) is 5.52. The number of carboxylic acid groups (broad SMARTS) is 1. The monoisotopic (exact) mass is 219 g/mol. The molecule has 1 atom stereocenters. The summed E-state index contributed by atoms with van der Waals surface area (Å²) in [4.78, 5) is 11.0. The van der Waals surface area contributed by atoms with Crippen LogP contribution >= 0.6 is 0 Å². The number of rotatable bonds is 1. The van der Waals surface area contributed by atoms with Gasteiger partial charge in [-0.05, 0) is 24.5 Å². The van der Waals surface area contributed by atoms with E-state index in [1.54, 1.807) is 0 Å². The maximum absolute atomic E-state index is 11.0. The van der Waals surface area contributed by atoms with Gasteiger partial charge in [-0.2, -0.15) is 0 Å². The van der Waals surface area contributed by atoms with E-state index >= 15 is 0 Å². The van der Waals surface area contributed by atoms with E-state index in [4.69, 9.17) is 9.84 Å². The number of fused-ring (bicyclic) bond motifs is 3. The number of anilines is 1. The first-order valence-corrected chi connectivity index (χ1v) is 5.52. The maximum Gasteiger partial charge on any atom is 0.326 e. The largest absolute Gasteiger partial charge is 0.493 e. The molecular formula is C12H13NO3. The Kier molecular flexibility index (Phi) is 2.02. The lowest BCUT2D eigenvalue weighted by Gasteiger charge is -2.25. The van der Waals surface area contributed by atoms with Crippen molar-refractivity contribution in [2.24, 2.45) is 0 Å². The van der Waals surface area contributed by atoms with Gasteiger partial charge in [-0.25, -0.2) is 4.79 Å².